The fraction of sp³-hybridized carbons (Fsp3) is 0.0909. The van der Waals surface area contributed by atoms with Gasteiger partial charge >= 0.3 is 0 Å². The van der Waals surface area contributed by atoms with Gasteiger partial charge in [0.25, 0.3) is 0 Å². The summed E-state index contributed by atoms with van der Waals surface area (Å²) in [5.74, 6) is 0. The molecule has 1 atom stereocenters. The van der Waals surface area contributed by atoms with Crippen LogP contribution in [0.3, 0.4) is 0 Å². The van der Waals surface area contributed by atoms with Crippen LogP contribution in [0.25, 0.3) is 10.8 Å². The second-order valence-electron chi connectivity index (χ2n) is 3.06. The van der Waals surface area contributed by atoms with E-state index in [-0.39, 0.29) is 0 Å². The number of carbonyl (C=O) groups is 1. The van der Waals surface area contributed by atoms with Crippen LogP contribution < -0.4 is 0 Å². The predicted molar refractivity (Wildman–Crippen MR) is 52.8 cm³/mol. The van der Waals surface area contributed by atoms with Gasteiger partial charge in [0.15, 0.2) is 6.29 Å². The lowest BCUT2D eigenvalue weighted by Gasteiger charge is -2.04. The van der Waals surface area contributed by atoms with Crippen molar-refractivity contribution in [1.82, 2.24) is 4.98 Å². The van der Waals surface area contributed by atoms with Crippen LogP contribution in [0.4, 0.5) is 0 Å². The molecule has 1 N–H and O–H groups in total. The molecule has 1 aromatic heterocycles. The third-order valence-electron chi connectivity index (χ3n) is 2.14. The van der Waals surface area contributed by atoms with E-state index in [0.717, 1.165) is 10.8 Å². The maximum Gasteiger partial charge on any atom is 0.153 e. The molecule has 0 saturated heterocycles. The number of aromatic nitrogens is 1. The molecule has 0 aliphatic heterocycles. The molecule has 0 saturated carbocycles. The highest BCUT2D eigenvalue weighted by Crippen LogP contribution is 2.18. The Morgan fingerprint density at radius 1 is 1.29 bits per heavy atom. The second kappa shape index (κ2) is 3.55. The molecule has 0 aliphatic carbocycles. The molecule has 0 fully saturated rings. The Kier molecular flexibility index (Phi) is 2.24. The van der Waals surface area contributed by atoms with Gasteiger partial charge < -0.3 is 9.90 Å². The number of carbonyl (C=O) groups excluding carboxylic acids is 1. The zero-order chi connectivity index (χ0) is 9.97. The third-order valence-corrected chi connectivity index (χ3v) is 2.14. The summed E-state index contributed by atoms with van der Waals surface area (Å²) >= 11 is 0. The number of rotatable bonds is 2. The Labute approximate surface area is 81.0 Å². The molecule has 1 heterocycles. The van der Waals surface area contributed by atoms with E-state index < -0.39 is 6.10 Å². The van der Waals surface area contributed by atoms with Crippen LogP contribution >= 0.6 is 0 Å². The minimum atomic E-state index is -1.03. The van der Waals surface area contributed by atoms with Crippen LogP contribution in [-0.2, 0) is 4.79 Å². The minimum Gasteiger partial charge on any atom is -0.381 e. The molecule has 0 bridgehead atoms. The molecule has 1 aromatic carbocycles. The number of aliphatic hydroxyl groups excluding tert-OH is 1. The van der Waals surface area contributed by atoms with Gasteiger partial charge in [-0.1, -0.05) is 12.1 Å². The number of benzene rings is 1. The highest BCUT2D eigenvalue weighted by molar-refractivity contribution is 5.82. The van der Waals surface area contributed by atoms with Gasteiger partial charge in [0, 0.05) is 17.8 Å². The largest absolute Gasteiger partial charge is 0.381 e. The first-order valence-corrected chi connectivity index (χ1v) is 4.28. The van der Waals surface area contributed by atoms with Gasteiger partial charge in [-0.3, -0.25) is 4.98 Å². The summed E-state index contributed by atoms with van der Waals surface area (Å²) in [5, 5.41) is 11.3. The number of aliphatic hydroxyl groups is 1. The molecule has 3 heteroatoms. The maximum atomic E-state index is 10.4. The highest BCUT2D eigenvalue weighted by Gasteiger charge is 2.05. The van der Waals surface area contributed by atoms with Crippen molar-refractivity contribution < 1.29 is 9.90 Å². The zero-order valence-corrected chi connectivity index (χ0v) is 7.42. The van der Waals surface area contributed by atoms with Crippen molar-refractivity contribution >= 4 is 17.1 Å². The summed E-state index contributed by atoms with van der Waals surface area (Å²) in [6.07, 6.45) is 2.90. The Morgan fingerprint density at radius 2 is 2.14 bits per heavy atom. The molecule has 0 spiro atoms. The fourth-order valence-corrected chi connectivity index (χ4v) is 1.36. The Bertz CT molecular complexity index is 468. The fourth-order valence-electron chi connectivity index (χ4n) is 1.36. The summed E-state index contributed by atoms with van der Waals surface area (Å²) in [6.45, 7) is 0. The minimum absolute atomic E-state index is 0.516. The first-order valence-electron chi connectivity index (χ1n) is 4.28. The predicted octanol–water partition coefficient (Wildman–Crippen LogP) is 1.47. The van der Waals surface area contributed by atoms with E-state index in [2.05, 4.69) is 4.98 Å². The number of nitrogens with zero attached hydrogens (tertiary/aromatic N) is 1. The van der Waals surface area contributed by atoms with Crippen LogP contribution in [0, 0.1) is 0 Å². The zero-order valence-electron chi connectivity index (χ0n) is 7.42. The molecular formula is C11H9NO2. The summed E-state index contributed by atoms with van der Waals surface area (Å²) in [7, 11) is 0. The normalized spacial score (nSPS) is 12.6. The van der Waals surface area contributed by atoms with Gasteiger partial charge in [-0.05, 0) is 23.1 Å². The number of pyridine rings is 1. The molecule has 14 heavy (non-hydrogen) atoms. The molecule has 0 radical (unpaired) electrons. The molecule has 2 rings (SSSR count). The number of hydrogen-bond donors (Lipinski definition) is 1. The quantitative estimate of drug-likeness (QED) is 0.724. The van der Waals surface area contributed by atoms with Crippen molar-refractivity contribution in [3.8, 4) is 0 Å². The smallest absolute Gasteiger partial charge is 0.153 e. The summed E-state index contributed by atoms with van der Waals surface area (Å²) < 4.78 is 0. The van der Waals surface area contributed by atoms with Crippen LogP contribution in [0.15, 0.2) is 36.7 Å². The van der Waals surface area contributed by atoms with Crippen molar-refractivity contribution in [1.29, 1.82) is 0 Å². The Balaban J connectivity index is 2.56. The van der Waals surface area contributed by atoms with Crippen LogP contribution in [-0.4, -0.2) is 16.4 Å². The van der Waals surface area contributed by atoms with E-state index in [9.17, 15) is 9.90 Å². The first kappa shape index (κ1) is 8.84. The molecule has 0 amide bonds. The van der Waals surface area contributed by atoms with E-state index in [4.69, 9.17) is 0 Å². The molecule has 70 valence electrons. The van der Waals surface area contributed by atoms with Crippen molar-refractivity contribution in [2.45, 2.75) is 6.10 Å². The first-order chi connectivity index (χ1) is 6.81. The van der Waals surface area contributed by atoms with E-state index in [0.29, 0.717) is 11.8 Å². The van der Waals surface area contributed by atoms with E-state index >= 15 is 0 Å². The van der Waals surface area contributed by atoms with Crippen molar-refractivity contribution in [3.05, 3.63) is 42.2 Å². The van der Waals surface area contributed by atoms with E-state index in [1.54, 1.807) is 24.5 Å². The maximum absolute atomic E-state index is 10.4. The van der Waals surface area contributed by atoms with Crippen LogP contribution in [0.1, 0.15) is 11.7 Å². The lowest BCUT2D eigenvalue weighted by molar-refractivity contribution is -0.115. The number of fused-ring (bicyclic) bond motifs is 1. The molecule has 0 aliphatic rings. The van der Waals surface area contributed by atoms with E-state index in [1.165, 1.54) is 0 Å². The lowest BCUT2D eigenvalue weighted by atomic mass is 10.1. The average molecular weight is 187 g/mol. The van der Waals surface area contributed by atoms with Crippen LogP contribution in [0.2, 0.25) is 0 Å². The molecule has 2 aromatic rings. The summed E-state index contributed by atoms with van der Waals surface area (Å²) in [4.78, 5) is 14.4. The van der Waals surface area contributed by atoms with E-state index in [1.807, 2.05) is 12.1 Å². The SMILES string of the molecule is O=CC(O)c1ccc2cnccc2c1. The number of hydrogen-bond acceptors (Lipinski definition) is 3. The van der Waals surface area contributed by atoms with Gasteiger partial charge in [-0.25, -0.2) is 0 Å². The van der Waals surface area contributed by atoms with Gasteiger partial charge in [0.2, 0.25) is 0 Å². The molecular weight excluding hydrogens is 178 g/mol. The third kappa shape index (κ3) is 1.49. The standard InChI is InChI=1S/C11H9NO2/c13-7-11(14)9-1-2-10-6-12-4-3-8(10)5-9/h1-7,11,14H. The number of aldehydes is 1. The summed E-state index contributed by atoms with van der Waals surface area (Å²) in [6, 6.07) is 7.19. The average Bonchev–Trinajstić information content (AvgIpc) is 2.27. The highest BCUT2D eigenvalue weighted by atomic mass is 16.3. The van der Waals surface area contributed by atoms with Gasteiger partial charge in [0.1, 0.15) is 6.10 Å². The Hall–Kier alpha value is -1.74. The van der Waals surface area contributed by atoms with Crippen molar-refractivity contribution in [2.75, 3.05) is 0 Å². The molecule has 1 unspecified atom stereocenters. The lowest BCUT2D eigenvalue weighted by Crippen LogP contribution is -1.97. The topological polar surface area (TPSA) is 50.2 Å². The van der Waals surface area contributed by atoms with Crippen molar-refractivity contribution in [2.24, 2.45) is 0 Å². The monoisotopic (exact) mass is 187 g/mol. The summed E-state index contributed by atoms with van der Waals surface area (Å²) in [5.41, 5.74) is 0.610. The van der Waals surface area contributed by atoms with Crippen molar-refractivity contribution in [3.63, 3.8) is 0 Å². The van der Waals surface area contributed by atoms with Gasteiger partial charge in [-0.2, -0.15) is 0 Å². The van der Waals surface area contributed by atoms with Gasteiger partial charge in [-0.15, -0.1) is 0 Å². The second-order valence-corrected chi connectivity index (χ2v) is 3.06. The van der Waals surface area contributed by atoms with Gasteiger partial charge in [0.05, 0.1) is 0 Å². The van der Waals surface area contributed by atoms with Crippen LogP contribution in [0.5, 0.6) is 0 Å². The Morgan fingerprint density at radius 3 is 2.93 bits per heavy atom. The molecule has 3 nitrogen and oxygen atoms in total.